The number of hydrogen-bond donors (Lipinski definition) is 1. The molecule has 1 unspecified atom stereocenters. The highest BCUT2D eigenvalue weighted by Gasteiger charge is 2.25. The Bertz CT molecular complexity index is 579. The van der Waals surface area contributed by atoms with Gasteiger partial charge in [-0.05, 0) is 36.2 Å². The van der Waals surface area contributed by atoms with Crippen LogP contribution in [-0.2, 0) is 12.0 Å². The number of halogens is 3. The SMILES string of the molecule is CC(O)(Cc1cccc(Cl)c1Cl)c1ccc(F)cc1. The molecule has 19 heavy (non-hydrogen) atoms. The standard InChI is InChI=1S/C15H13Cl2FO/c1-15(19,11-5-7-12(18)8-6-11)9-10-3-2-4-13(16)14(10)17/h2-8,19H,9H2,1H3. The Labute approximate surface area is 121 Å². The first-order chi connectivity index (χ1) is 8.90. The lowest BCUT2D eigenvalue weighted by Crippen LogP contribution is -2.24. The monoisotopic (exact) mass is 298 g/mol. The van der Waals surface area contributed by atoms with Crippen molar-refractivity contribution < 1.29 is 9.50 Å². The van der Waals surface area contributed by atoms with E-state index in [9.17, 15) is 9.50 Å². The van der Waals surface area contributed by atoms with Crippen LogP contribution in [0.3, 0.4) is 0 Å². The topological polar surface area (TPSA) is 20.2 Å². The van der Waals surface area contributed by atoms with Crippen LogP contribution in [0.1, 0.15) is 18.1 Å². The Morgan fingerprint density at radius 1 is 1.11 bits per heavy atom. The van der Waals surface area contributed by atoms with Gasteiger partial charge in [-0.25, -0.2) is 4.39 Å². The molecule has 100 valence electrons. The predicted octanol–water partition coefficient (Wildman–Crippen LogP) is 4.58. The summed E-state index contributed by atoms with van der Waals surface area (Å²) in [6, 6.07) is 11.1. The van der Waals surface area contributed by atoms with Gasteiger partial charge in [0, 0.05) is 6.42 Å². The molecule has 0 radical (unpaired) electrons. The Morgan fingerprint density at radius 3 is 2.37 bits per heavy atom. The van der Waals surface area contributed by atoms with Gasteiger partial charge >= 0.3 is 0 Å². The maximum Gasteiger partial charge on any atom is 0.123 e. The lowest BCUT2D eigenvalue weighted by Gasteiger charge is -2.24. The predicted molar refractivity (Wildman–Crippen MR) is 76.1 cm³/mol. The molecule has 0 aliphatic rings. The highest BCUT2D eigenvalue weighted by Crippen LogP contribution is 2.32. The molecule has 0 spiro atoms. The van der Waals surface area contributed by atoms with E-state index >= 15 is 0 Å². The molecule has 0 aromatic heterocycles. The van der Waals surface area contributed by atoms with Gasteiger partial charge in [-0.2, -0.15) is 0 Å². The van der Waals surface area contributed by atoms with E-state index in [0.717, 1.165) is 5.56 Å². The molecule has 4 heteroatoms. The third-order valence-electron chi connectivity index (χ3n) is 3.03. The van der Waals surface area contributed by atoms with Crippen molar-refractivity contribution in [1.29, 1.82) is 0 Å². The lowest BCUT2D eigenvalue weighted by molar-refractivity contribution is 0.0576. The van der Waals surface area contributed by atoms with Gasteiger partial charge in [0.1, 0.15) is 5.82 Å². The molecule has 0 saturated carbocycles. The maximum absolute atomic E-state index is 12.9. The van der Waals surface area contributed by atoms with Crippen LogP contribution >= 0.6 is 23.2 Å². The zero-order valence-electron chi connectivity index (χ0n) is 10.3. The van der Waals surface area contributed by atoms with Crippen molar-refractivity contribution in [2.75, 3.05) is 0 Å². The Kier molecular flexibility index (Phi) is 4.14. The molecule has 1 N–H and O–H groups in total. The van der Waals surface area contributed by atoms with Gasteiger partial charge in [-0.15, -0.1) is 0 Å². The summed E-state index contributed by atoms with van der Waals surface area (Å²) < 4.78 is 12.9. The van der Waals surface area contributed by atoms with E-state index in [0.29, 0.717) is 22.0 Å². The van der Waals surface area contributed by atoms with E-state index in [-0.39, 0.29) is 5.82 Å². The van der Waals surface area contributed by atoms with E-state index < -0.39 is 5.60 Å². The summed E-state index contributed by atoms with van der Waals surface area (Å²) >= 11 is 12.1. The molecule has 1 nitrogen and oxygen atoms in total. The second kappa shape index (κ2) is 5.49. The zero-order chi connectivity index (χ0) is 14.0. The van der Waals surface area contributed by atoms with E-state index in [1.54, 1.807) is 31.2 Å². The molecule has 0 bridgehead atoms. The second-order valence-electron chi connectivity index (χ2n) is 4.67. The average Bonchev–Trinajstić information content (AvgIpc) is 2.35. The van der Waals surface area contributed by atoms with Crippen LogP contribution in [0.15, 0.2) is 42.5 Å². The van der Waals surface area contributed by atoms with Crippen molar-refractivity contribution in [1.82, 2.24) is 0 Å². The number of benzene rings is 2. The van der Waals surface area contributed by atoms with Crippen molar-refractivity contribution >= 4 is 23.2 Å². The van der Waals surface area contributed by atoms with E-state index in [4.69, 9.17) is 23.2 Å². The van der Waals surface area contributed by atoms with Crippen LogP contribution in [0.4, 0.5) is 4.39 Å². The fourth-order valence-corrected chi connectivity index (χ4v) is 2.35. The summed E-state index contributed by atoms with van der Waals surface area (Å²) in [4.78, 5) is 0. The third-order valence-corrected chi connectivity index (χ3v) is 3.89. The zero-order valence-corrected chi connectivity index (χ0v) is 11.8. The molecule has 0 fully saturated rings. The van der Waals surface area contributed by atoms with Crippen LogP contribution in [0.25, 0.3) is 0 Å². The van der Waals surface area contributed by atoms with E-state index in [1.165, 1.54) is 12.1 Å². The van der Waals surface area contributed by atoms with Crippen LogP contribution in [0.2, 0.25) is 10.0 Å². The van der Waals surface area contributed by atoms with Crippen molar-refractivity contribution in [3.05, 3.63) is 69.5 Å². The third kappa shape index (κ3) is 3.27. The quantitative estimate of drug-likeness (QED) is 0.879. The van der Waals surface area contributed by atoms with Gasteiger partial charge in [0.2, 0.25) is 0 Å². The normalized spacial score (nSPS) is 14.2. The van der Waals surface area contributed by atoms with Gasteiger partial charge in [-0.3, -0.25) is 0 Å². The van der Waals surface area contributed by atoms with Crippen LogP contribution in [0, 0.1) is 5.82 Å². The van der Waals surface area contributed by atoms with Crippen molar-refractivity contribution in [2.24, 2.45) is 0 Å². The highest BCUT2D eigenvalue weighted by molar-refractivity contribution is 6.42. The summed E-state index contributed by atoms with van der Waals surface area (Å²) in [6.07, 6.45) is 0.304. The summed E-state index contributed by atoms with van der Waals surface area (Å²) in [6.45, 7) is 1.66. The van der Waals surface area contributed by atoms with Crippen LogP contribution < -0.4 is 0 Å². The molecule has 0 aliphatic carbocycles. The molecule has 2 aromatic carbocycles. The summed E-state index contributed by atoms with van der Waals surface area (Å²) in [7, 11) is 0. The Hall–Kier alpha value is -1.09. The van der Waals surface area contributed by atoms with E-state index in [1.807, 2.05) is 6.07 Å². The smallest absolute Gasteiger partial charge is 0.123 e. The minimum atomic E-state index is -1.14. The van der Waals surface area contributed by atoms with Crippen molar-refractivity contribution in [3.63, 3.8) is 0 Å². The van der Waals surface area contributed by atoms with E-state index in [2.05, 4.69) is 0 Å². The molecule has 2 aromatic rings. The molecular weight excluding hydrogens is 286 g/mol. The summed E-state index contributed by atoms with van der Waals surface area (Å²) in [5.74, 6) is -0.333. The van der Waals surface area contributed by atoms with Gasteiger partial charge in [0.15, 0.2) is 0 Å². The van der Waals surface area contributed by atoms with Crippen LogP contribution in [-0.4, -0.2) is 5.11 Å². The number of rotatable bonds is 3. The maximum atomic E-state index is 12.9. The first kappa shape index (κ1) is 14.3. The lowest BCUT2D eigenvalue weighted by atomic mass is 9.89. The first-order valence-corrected chi connectivity index (χ1v) is 6.57. The van der Waals surface area contributed by atoms with Crippen molar-refractivity contribution in [2.45, 2.75) is 18.9 Å². The Morgan fingerprint density at radius 2 is 1.74 bits per heavy atom. The largest absolute Gasteiger partial charge is 0.385 e. The summed E-state index contributed by atoms with van der Waals surface area (Å²) in [5, 5.41) is 11.4. The number of hydrogen-bond acceptors (Lipinski definition) is 1. The van der Waals surface area contributed by atoms with Crippen molar-refractivity contribution in [3.8, 4) is 0 Å². The summed E-state index contributed by atoms with van der Waals surface area (Å²) in [5.41, 5.74) is 0.246. The first-order valence-electron chi connectivity index (χ1n) is 5.81. The van der Waals surface area contributed by atoms with Gasteiger partial charge in [0.25, 0.3) is 0 Å². The number of aliphatic hydroxyl groups is 1. The minimum Gasteiger partial charge on any atom is -0.385 e. The fraction of sp³-hybridized carbons (Fsp3) is 0.200. The van der Waals surface area contributed by atoms with Crippen LogP contribution in [0.5, 0.6) is 0 Å². The van der Waals surface area contributed by atoms with Gasteiger partial charge < -0.3 is 5.11 Å². The highest BCUT2D eigenvalue weighted by atomic mass is 35.5. The average molecular weight is 299 g/mol. The second-order valence-corrected chi connectivity index (χ2v) is 5.46. The molecule has 2 rings (SSSR count). The fourth-order valence-electron chi connectivity index (χ4n) is 1.97. The molecular formula is C15H13Cl2FO. The molecule has 0 saturated heterocycles. The molecule has 1 atom stereocenters. The molecule has 0 amide bonds. The minimum absolute atomic E-state index is 0.304. The molecule has 0 heterocycles. The van der Waals surface area contributed by atoms with Gasteiger partial charge in [-0.1, -0.05) is 47.5 Å². The Balaban J connectivity index is 2.30. The molecule has 0 aliphatic heterocycles. The van der Waals surface area contributed by atoms with Gasteiger partial charge in [0.05, 0.1) is 15.6 Å².